The molecule has 2 aromatic rings. The van der Waals surface area contributed by atoms with Crippen LogP contribution in [0.2, 0.25) is 5.02 Å². The summed E-state index contributed by atoms with van der Waals surface area (Å²) in [5.41, 5.74) is 5.70. The second-order valence-corrected chi connectivity index (χ2v) is 6.70. The van der Waals surface area contributed by atoms with Crippen LogP contribution in [0.25, 0.3) is 0 Å². The van der Waals surface area contributed by atoms with Crippen molar-refractivity contribution in [2.45, 2.75) is 16.3 Å². The van der Waals surface area contributed by atoms with Gasteiger partial charge < -0.3 is 10.6 Å². The predicted octanol–water partition coefficient (Wildman–Crippen LogP) is 2.10. The number of rotatable bonds is 6. The van der Waals surface area contributed by atoms with Gasteiger partial charge in [0.2, 0.25) is 0 Å². The molecule has 0 bridgehead atoms. The van der Waals surface area contributed by atoms with E-state index < -0.39 is 10.5 Å². The van der Waals surface area contributed by atoms with E-state index in [2.05, 4.69) is 5.10 Å². The van der Waals surface area contributed by atoms with E-state index in [0.29, 0.717) is 28.6 Å². The molecule has 0 amide bonds. The van der Waals surface area contributed by atoms with Gasteiger partial charge in [-0.05, 0) is 20.2 Å². The van der Waals surface area contributed by atoms with Gasteiger partial charge in [-0.1, -0.05) is 23.4 Å². The highest BCUT2D eigenvalue weighted by atomic mass is 35.5. The molecule has 0 saturated carbocycles. The summed E-state index contributed by atoms with van der Waals surface area (Å²) in [6.45, 7) is 1.06. The molecule has 128 valence electrons. The number of nitro groups is 1. The fourth-order valence-corrected chi connectivity index (χ4v) is 2.96. The van der Waals surface area contributed by atoms with Crippen molar-refractivity contribution >= 4 is 34.7 Å². The van der Waals surface area contributed by atoms with E-state index in [0.717, 1.165) is 11.8 Å². The SMILES string of the molecule is CN(C)CCn1ncc(Sc2cc([N+](=O)[O-])ccc2N)c(Cl)c1=O. The highest BCUT2D eigenvalue weighted by Gasteiger charge is 2.15. The van der Waals surface area contributed by atoms with Crippen LogP contribution in [-0.2, 0) is 6.54 Å². The van der Waals surface area contributed by atoms with Crippen LogP contribution in [0.15, 0.2) is 39.0 Å². The van der Waals surface area contributed by atoms with E-state index in [9.17, 15) is 14.9 Å². The molecule has 0 spiro atoms. The molecule has 0 saturated heterocycles. The molecule has 24 heavy (non-hydrogen) atoms. The fourth-order valence-electron chi connectivity index (χ4n) is 1.82. The minimum absolute atomic E-state index is 0.0136. The Bertz CT molecular complexity index is 825. The van der Waals surface area contributed by atoms with Crippen molar-refractivity contribution in [1.29, 1.82) is 0 Å². The molecule has 0 aliphatic carbocycles. The number of likely N-dealkylation sites (N-methyl/N-ethyl adjacent to an activating group) is 1. The average Bonchev–Trinajstić information content (AvgIpc) is 2.52. The zero-order valence-corrected chi connectivity index (χ0v) is 14.7. The van der Waals surface area contributed by atoms with Crippen molar-refractivity contribution in [2.24, 2.45) is 0 Å². The molecule has 1 heterocycles. The Balaban J connectivity index is 2.31. The lowest BCUT2D eigenvalue weighted by Gasteiger charge is -2.12. The van der Waals surface area contributed by atoms with Gasteiger partial charge in [0.15, 0.2) is 0 Å². The molecule has 0 radical (unpaired) electrons. The van der Waals surface area contributed by atoms with Crippen LogP contribution in [0.5, 0.6) is 0 Å². The Labute approximate surface area is 147 Å². The normalized spacial score (nSPS) is 11.0. The van der Waals surface area contributed by atoms with E-state index in [1.807, 2.05) is 19.0 Å². The molecule has 2 N–H and O–H groups in total. The van der Waals surface area contributed by atoms with Crippen LogP contribution in [0.3, 0.4) is 0 Å². The van der Waals surface area contributed by atoms with Crippen LogP contribution >= 0.6 is 23.4 Å². The van der Waals surface area contributed by atoms with Gasteiger partial charge in [-0.25, -0.2) is 4.68 Å². The van der Waals surface area contributed by atoms with Gasteiger partial charge in [0, 0.05) is 29.3 Å². The monoisotopic (exact) mass is 369 g/mol. The number of nitro benzene ring substituents is 1. The van der Waals surface area contributed by atoms with Crippen LogP contribution in [0.1, 0.15) is 0 Å². The van der Waals surface area contributed by atoms with Gasteiger partial charge in [-0.3, -0.25) is 14.9 Å². The van der Waals surface area contributed by atoms with Crippen LogP contribution in [0.4, 0.5) is 11.4 Å². The maximum atomic E-state index is 12.2. The Morgan fingerprint density at radius 2 is 2.12 bits per heavy atom. The van der Waals surface area contributed by atoms with Gasteiger partial charge in [0.1, 0.15) is 5.02 Å². The summed E-state index contributed by atoms with van der Waals surface area (Å²) >= 11 is 7.21. The second-order valence-electron chi connectivity index (χ2n) is 5.24. The molecular formula is C14H16ClN5O3S. The van der Waals surface area contributed by atoms with E-state index in [4.69, 9.17) is 17.3 Å². The molecule has 8 nitrogen and oxygen atoms in total. The lowest BCUT2D eigenvalue weighted by atomic mass is 10.3. The third-order valence-corrected chi connectivity index (χ3v) is 4.72. The average molecular weight is 370 g/mol. The molecule has 2 rings (SSSR count). The largest absolute Gasteiger partial charge is 0.398 e. The Morgan fingerprint density at radius 1 is 1.42 bits per heavy atom. The number of nitrogens with zero attached hydrogens (tertiary/aromatic N) is 4. The number of hydrogen-bond donors (Lipinski definition) is 1. The summed E-state index contributed by atoms with van der Waals surface area (Å²) in [4.78, 5) is 25.4. The molecular weight excluding hydrogens is 354 g/mol. The smallest absolute Gasteiger partial charge is 0.286 e. The van der Waals surface area contributed by atoms with Gasteiger partial charge in [-0.2, -0.15) is 5.10 Å². The summed E-state index contributed by atoms with van der Waals surface area (Å²) in [6.07, 6.45) is 1.46. The highest BCUT2D eigenvalue weighted by Crippen LogP contribution is 2.36. The lowest BCUT2D eigenvalue weighted by Crippen LogP contribution is -2.28. The molecule has 1 aromatic carbocycles. The zero-order chi connectivity index (χ0) is 17.9. The maximum Gasteiger partial charge on any atom is 0.286 e. The van der Waals surface area contributed by atoms with Crippen LogP contribution in [0, 0.1) is 10.1 Å². The zero-order valence-electron chi connectivity index (χ0n) is 13.1. The van der Waals surface area contributed by atoms with E-state index in [1.54, 1.807) is 0 Å². The maximum absolute atomic E-state index is 12.2. The molecule has 0 aliphatic rings. The fraction of sp³-hybridized carbons (Fsp3) is 0.286. The molecule has 0 unspecified atom stereocenters. The second kappa shape index (κ2) is 7.65. The molecule has 1 aromatic heterocycles. The third-order valence-electron chi connectivity index (χ3n) is 3.14. The van der Waals surface area contributed by atoms with Crippen LogP contribution < -0.4 is 11.3 Å². The van der Waals surface area contributed by atoms with E-state index in [-0.39, 0.29) is 10.7 Å². The topological polar surface area (TPSA) is 107 Å². The first-order valence-electron chi connectivity index (χ1n) is 6.91. The number of halogens is 1. The predicted molar refractivity (Wildman–Crippen MR) is 93.7 cm³/mol. The van der Waals surface area contributed by atoms with Crippen molar-refractivity contribution in [2.75, 3.05) is 26.4 Å². The number of non-ortho nitro benzene ring substituents is 1. The minimum Gasteiger partial charge on any atom is -0.398 e. The first kappa shape index (κ1) is 18.2. The number of aromatic nitrogens is 2. The molecule has 0 fully saturated rings. The van der Waals surface area contributed by atoms with E-state index >= 15 is 0 Å². The Morgan fingerprint density at radius 3 is 2.75 bits per heavy atom. The first-order chi connectivity index (χ1) is 11.3. The number of benzene rings is 1. The summed E-state index contributed by atoms with van der Waals surface area (Å²) < 4.78 is 1.28. The number of hydrogen-bond acceptors (Lipinski definition) is 7. The molecule has 0 aliphatic heterocycles. The van der Waals surface area contributed by atoms with Crippen molar-refractivity contribution in [3.63, 3.8) is 0 Å². The molecule has 0 atom stereocenters. The first-order valence-corrected chi connectivity index (χ1v) is 8.11. The Hall–Kier alpha value is -2.10. The van der Waals surface area contributed by atoms with Crippen molar-refractivity contribution in [1.82, 2.24) is 14.7 Å². The number of nitrogens with two attached hydrogens (primary N) is 1. The van der Waals surface area contributed by atoms with E-state index in [1.165, 1.54) is 29.1 Å². The van der Waals surface area contributed by atoms with Gasteiger partial charge in [-0.15, -0.1) is 0 Å². The quantitative estimate of drug-likeness (QED) is 0.472. The van der Waals surface area contributed by atoms with Crippen LogP contribution in [-0.4, -0.2) is 40.2 Å². The third kappa shape index (κ3) is 4.25. The molecule has 10 heteroatoms. The van der Waals surface area contributed by atoms with Crippen molar-refractivity contribution < 1.29 is 4.92 Å². The summed E-state index contributed by atoms with van der Waals surface area (Å²) in [6, 6.07) is 4.10. The minimum atomic E-state index is -0.511. The van der Waals surface area contributed by atoms with Gasteiger partial charge in [0.25, 0.3) is 11.2 Å². The standard InChI is InChI=1S/C14H16ClN5O3S/c1-18(2)5-6-19-14(21)13(15)12(8-17-19)24-11-7-9(20(22)23)3-4-10(11)16/h3-4,7-8H,5-6,16H2,1-2H3. The van der Waals surface area contributed by atoms with Gasteiger partial charge in [0.05, 0.1) is 22.6 Å². The Kier molecular flexibility index (Phi) is 5.81. The number of anilines is 1. The van der Waals surface area contributed by atoms with Crippen molar-refractivity contribution in [3.8, 4) is 0 Å². The summed E-state index contributed by atoms with van der Waals surface area (Å²) in [5.74, 6) is 0. The summed E-state index contributed by atoms with van der Waals surface area (Å²) in [7, 11) is 3.78. The van der Waals surface area contributed by atoms with Crippen molar-refractivity contribution in [3.05, 3.63) is 49.9 Å². The highest BCUT2D eigenvalue weighted by molar-refractivity contribution is 7.99. The number of nitrogen functional groups attached to an aromatic ring is 1. The van der Waals surface area contributed by atoms with Gasteiger partial charge >= 0.3 is 0 Å². The lowest BCUT2D eigenvalue weighted by molar-refractivity contribution is -0.385. The summed E-state index contributed by atoms with van der Waals surface area (Å²) in [5, 5.41) is 15.0.